The smallest absolute Gasteiger partial charge is 0.0766 e. The van der Waals surface area contributed by atoms with Crippen LogP contribution in [0.3, 0.4) is 0 Å². The molecule has 0 saturated heterocycles. The molecule has 1 aromatic rings. The number of halogens is 1. The molecule has 1 unspecified atom stereocenters. The highest BCUT2D eigenvalue weighted by atomic mass is 79.9. The summed E-state index contributed by atoms with van der Waals surface area (Å²) in [7, 11) is 4.04. The van der Waals surface area contributed by atoms with E-state index in [4.69, 9.17) is 0 Å². The molecule has 0 saturated carbocycles. The first kappa shape index (κ1) is 13.7. The van der Waals surface area contributed by atoms with Gasteiger partial charge in [-0.1, -0.05) is 13.8 Å². The molecule has 0 aliphatic rings. The molecule has 0 radical (unpaired) electrons. The Balaban J connectivity index is 2.63. The van der Waals surface area contributed by atoms with E-state index in [1.807, 2.05) is 18.8 Å². The van der Waals surface area contributed by atoms with Gasteiger partial charge >= 0.3 is 0 Å². The Morgan fingerprint density at radius 1 is 1.50 bits per heavy atom. The van der Waals surface area contributed by atoms with Crippen molar-refractivity contribution >= 4 is 15.9 Å². The SMILES string of the molecule is CCc1nn(C)c(CCC(C)CNC)c1Br. The number of hydrogen-bond donors (Lipinski definition) is 1. The Kier molecular flexibility index (Phi) is 5.49. The molecule has 0 spiro atoms. The highest BCUT2D eigenvalue weighted by molar-refractivity contribution is 9.10. The van der Waals surface area contributed by atoms with Gasteiger partial charge in [0.25, 0.3) is 0 Å². The van der Waals surface area contributed by atoms with E-state index < -0.39 is 0 Å². The lowest BCUT2D eigenvalue weighted by atomic mass is 10.0. The van der Waals surface area contributed by atoms with Gasteiger partial charge in [-0.25, -0.2) is 0 Å². The van der Waals surface area contributed by atoms with E-state index in [-0.39, 0.29) is 0 Å². The second-order valence-electron chi connectivity index (χ2n) is 4.39. The van der Waals surface area contributed by atoms with Crippen molar-refractivity contribution in [2.45, 2.75) is 33.1 Å². The van der Waals surface area contributed by atoms with Crippen molar-refractivity contribution < 1.29 is 0 Å². The standard InChI is InChI=1S/C12H22BrN3/c1-5-10-12(13)11(16(4)15-10)7-6-9(2)8-14-3/h9,14H,5-8H2,1-4H3. The van der Waals surface area contributed by atoms with Crippen LogP contribution in [0.4, 0.5) is 0 Å². The molecule has 1 aromatic heterocycles. The number of hydrogen-bond acceptors (Lipinski definition) is 2. The van der Waals surface area contributed by atoms with Crippen LogP contribution in [-0.4, -0.2) is 23.4 Å². The van der Waals surface area contributed by atoms with Crippen LogP contribution < -0.4 is 5.32 Å². The molecule has 0 fully saturated rings. The van der Waals surface area contributed by atoms with Gasteiger partial charge in [-0.2, -0.15) is 5.10 Å². The molecule has 1 N–H and O–H groups in total. The molecule has 3 nitrogen and oxygen atoms in total. The number of nitrogens with one attached hydrogen (secondary N) is 1. The van der Waals surface area contributed by atoms with Gasteiger partial charge < -0.3 is 5.32 Å². The summed E-state index contributed by atoms with van der Waals surface area (Å²) in [6.45, 7) is 5.50. The van der Waals surface area contributed by atoms with Gasteiger partial charge in [-0.05, 0) is 54.7 Å². The van der Waals surface area contributed by atoms with Gasteiger partial charge in [0.2, 0.25) is 0 Å². The topological polar surface area (TPSA) is 29.9 Å². The summed E-state index contributed by atoms with van der Waals surface area (Å²) in [6.07, 6.45) is 3.27. The van der Waals surface area contributed by atoms with Gasteiger partial charge in [-0.3, -0.25) is 4.68 Å². The highest BCUT2D eigenvalue weighted by Crippen LogP contribution is 2.23. The summed E-state index contributed by atoms with van der Waals surface area (Å²) in [5.74, 6) is 0.705. The molecule has 0 aliphatic carbocycles. The van der Waals surface area contributed by atoms with Crippen LogP contribution in [0.1, 0.15) is 31.7 Å². The maximum atomic E-state index is 4.51. The molecular weight excluding hydrogens is 266 g/mol. The van der Waals surface area contributed by atoms with Crippen molar-refractivity contribution in [1.82, 2.24) is 15.1 Å². The molecule has 0 aromatic carbocycles. The Morgan fingerprint density at radius 2 is 2.19 bits per heavy atom. The predicted molar refractivity (Wildman–Crippen MR) is 71.7 cm³/mol. The normalized spacial score (nSPS) is 13.1. The first-order valence-corrected chi connectivity index (χ1v) is 6.74. The van der Waals surface area contributed by atoms with E-state index in [2.05, 4.69) is 40.2 Å². The van der Waals surface area contributed by atoms with Crippen LogP contribution in [0.5, 0.6) is 0 Å². The largest absolute Gasteiger partial charge is 0.319 e. The van der Waals surface area contributed by atoms with Crippen molar-refractivity contribution in [1.29, 1.82) is 0 Å². The number of aryl methyl sites for hydroxylation is 2. The van der Waals surface area contributed by atoms with Crippen LogP contribution in [-0.2, 0) is 19.9 Å². The van der Waals surface area contributed by atoms with Crippen LogP contribution in [0, 0.1) is 5.92 Å². The molecule has 92 valence electrons. The summed E-state index contributed by atoms with van der Waals surface area (Å²) in [6, 6.07) is 0. The molecule has 1 atom stereocenters. The van der Waals surface area contributed by atoms with Crippen LogP contribution in [0.25, 0.3) is 0 Å². The second kappa shape index (κ2) is 6.40. The fourth-order valence-electron chi connectivity index (χ4n) is 1.93. The maximum Gasteiger partial charge on any atom is 0.0766 e. The zero-order valence-electron chi connectivity index (χ0n) is 10.7. The molecule has 0 bridgehead atoms. The third-order valence-electron chi connectivity index (χ3n) is 2.93. The second-order valence-corrected chi connectivity index (χ2v) is 5.18. The van der Waals surface area contributed by atoms with Crippen LogP contribution >= 0.6 is 15.9 Å². The van der Waals surface area contributed by atoms with E-state index in [0.29, 0.717) is 5.92 Å². The summed E-state index contributed by atoms with van der Waals surface area (Å²) in [5.41, 5.74) is 2.48. The quantitative estimate of drug-likeness (QED) is 0.871. The van der Waals surface area contributed by atoms with Gasteiger partial charge in [0.05, 0.1) is 15.9 Å². The number of rotatable bonds is 6. The minimum atomic E-state index is 0.705. The van der Waals surface area contributed by atoms with Crippen molar-refractivity contribution in [3.63, 3.8) is 0 Å². The Bertz CT molecular complexity index is 333. The lowest BCUT2D eigenvalue weighted by Crippen LogP contribution is -2.17. The van der Waals surface area contributed by atoms with Crippen LogP contribution in [0.15, 0.2) is 4.47 Å². The highest BCUT2D eigenvalue weighted by Gasteiger charge is 2.13. The van der Waals surface area contributed by atoms with Crippen LogP contribution in [0.2, 0.25) is 0 Å². The van der Waals surface area contributed by atoms with Crippen molar-refractivity contribution in [2.24, 2.45) is 13.0 Å². The fraction of sp³-hybridized carbons (Fsp3) is 0.750. The molecule has 1 heterocycles. The number of nitrogens with zero attached hydrogens (tertiary/aromatic N) is 2. The minimum absolute atomic E-state index is 0.705. The van der Waals surface area contributed by atoms with E-state index in [0.717, 1.165) is 19.4 Å². The summed E-state index contributed by atoms with van der Waals surface area (Å²) in [4.78, 5) is 0. The molecule has 0 aliphatic heterocycles. The lowest BCUT2D eigenvalue weighted by Gasteiger charge is -2.10. The monoisotopic (exact) mass is 287 g/mol. The predicted octanol–water partition coefficient (Wildman–Crippen LogP) is 2.53. The Morgan fingerprint density at radius 3 is 2.69 bits per heavy atom. The zero-order valence-corrected chi connectivity index (χ0v) is 12.3. The first-order chi connectivity index (χ1) is 7.60. The van der Waals surface area contributed by atoms with Crippen molar-refractivity contribution in [3.8, 4) is 0 Å². The molecular formula is C12H22BrN3. The zero-order chi connectivity index (χ0) is 12.1. The Hall–Kier alpha value is -0.350. The van der Waals surface area contributed by atoms with Gasteiger partial charge in [0.15, 0.2) is 0 Å². The molecule has 1 rings (SSSR count). The summed E-state index contributed by atoms with van der Waals surface area (Å²) < 4.78 is 3.21. The fourth-order valence-corrected chi connectivity index (χ4v) is 2.74. The minimum Gasteiger partial charge on any atom is -0.319 e. The van der Waals surface area contributed by atoms with Crippen molar-refractivity contribution in [3.05, 3.63) is 15.9 Å². The van der Waals surface area contributed by atoms with Gasteiger partial charge in [-0.15, -0.1) is 0 Å². The first-order valence-electron chi connectivity index (χ1n) is 5.95. The maximum absolute atomic E-state index is 4.51. The van der Waals surface area contributed by atoms with E-state index in [9.17, 15) is 0 Å². The van der Waals surface area contributed by atoms with Crippen molar-refractivity contribution in [2.75, 3.05) is 13.6 Å². The average Bonchev–Trinajstić information content (AvgIpc) is 2.52. The summed E-state index contributed by atoms with van der Waals surface area (Å²) >= 11 is 3.65. The van der Waals surface area contributed by atoms with Gasteiger partial charge in [0.1, 0.15) is 0 Å². The third kappa shape index (κ3) is 3.32. The average molecular weight is 288 g/mol. The van der Waals surface area contributed by atoms with Gasteiger partial charge in [0, 0.05) is 7.05 Å². The molecule has 0 amide bonds. The van der Waals surface area contributed by atoms with E-state index in [1.165, 1.54) is 22.3 Å². The lowest BCUT2D eigenvalue weighted by molar-refractivity contribution is 0.495. The Labute approximate surface area is 107 Å². The third-order valence-corrected chi connectivity index (χ3v) is 3.84. The number of aromatic nitrogens is 2. The van der Waals surface area contributed by atoms with E-state index >= 15 is 0 Å². The molecule has 4 heteroatoms. The molecule has 16 heavy (non-hydrogen) atoms. The summed E-state index contributed by atoms with van der Waals surface area (Å²) in [5, 5.41) is 7.72. The van der Waals surface area contributed by atoms with E-state index in [1.54, 1.807) is 0 Å².